The SMILES string of the molecule is CC(C)CC(N)c1cnc(-c2cccc(Cl)c2)o1. The van der Waals surface area contributed by atoms with Crippen LogP contribution in [0.15, 0.2) is 34.9 Å². The van der Waals surface area contributed by atoms with Gasteiger partial charge in [-0.2, -0.15) is 0 Å². The third-order valence-corrected chi connectivity index (χ3v) is 2.92. The Hall–Kier alpha value is -1.32. The molecule has 2 rings (SSSR count). The number of aromatic nitrogens is 1. The van der Waals surface area contributed by atoms with Crippen LogP contribution in [-0.2, 0) is 0 Å². The maximum Gasteiger partial charge on any atom is 0.226 e. The molecule has 1 aromatic carbocycles. The number of hydrogen-bond donors (Lipinski definition) is 1. The van der Waals surface area contributed by atoms with Gasteiger partial charge >= 0.3 is 0 Å². The fraction of sp³-hybridized carbons (Fsp3) is 0.357. The van der Waals surface area contributed by atoms with Crippen molar-refractivity contribution in [2.24, 2.45) is 11.7 Å². The number of rotatable bonds is 4. The normalized spacial score (nSPS) is 12.9. The Morgan fingerprint density at radius 2 is 2.17 bits per heavy atom. The van der Waals surface area contributed by atoms with E-state index in [1.54, 1.807) is 6.20 Å². The molecule has 0 saturated carbocycles. The minimum Gasteiger partial charge on any atom is -0.440 e. The lowest BCUT2D eigenvalue weighted by Crippen LogP contribution is -2.11. The van der Waals surface area contributed by atoms with Crippen molar-refractivity contribution in [3.05, 3.63) is 41.2 Å². The summed E-state index contributed by atoms with van der Waals surface area (Å²) in [6, 6.07) is 7.32. The smallest absolute Gasteiger partial charge is 0.226 e. The largest absolute Gasteiger partial charge is 0.440 e. The molecule has 0 aliphatic rings. The molecule has 0 fully saturated rings. The Morgan fingerprint density at radius 1 is 1.39 bits per heavy atom. The lowest BCUT2D eigenvalue weighted by molar-refractivity contribution is 0.421. The maximum atomic E-state index is 6.06. The Balaban J connectivity index is 2.20. The van der Waals surface area contributed by atoms with E-state index in [0.717, 1.165) is 17.7 Å². The van der Waals surface area contributed by atoms with E-state index in [4.69, 9.17) is 21.8 Å². The second kappa shape index (κ2) is 5.55. The standard InChI is InChI=1S/C14H17ClN2O/c1-9(2)6-12(16)13-8-17-14(18-13)10-4-3-5-11(15)7-10/h3-5,7-9,12H,6,16H2,1-2H3. The zero-order valence-electron chi connectivity index (χ0n) is 10.6. The molecule has 96 valence electrons. The molecule has 2 N–H and O–H groups in total. The van der Waals surface area contributed by atoms with Crippen LogP contribution in [0.4, 0.5) is 0 Å². The van der Waals surface area contributed by atoms with Crippen LogP contribution in [0.25, 0.3) is 11.5 Å². The molecule has 0 bridgehead atoms. The van der Waals surface area contributed by atoms with Crippen molar-refractivity contribution >= 4 is 11.6 Å². The molecule has 1 atom stereocenters. The molecule has 0 aliphatic carbocycles. The topological polar surface area (TPSA) is 52.0 Å². The van der Waals surface area contributed by atoms with Crippen LogP contribution in [0, 0.1) is 5.92 Å². The molecule has 0 aliphatic heterocycles. The number of halogens is 1. The molecule has 1 heterocycles. The molecule has 0 spiro atoms. The van der Waals surface area contributed by atoms with Crippen LogP contribution in [0.1, 0.15) is 32.1 Å². The van der Waals surface area contributed by atoms with Crippen molar-refractivity contribution < 1.29 is 4.42 Å². The van der Waals surface area contributed by atoms with Gasteiger partial charge in [0.15, 0.2) is 0 Å². The molecule has 0 radical (unpaired) electrons. The first-order chi connectivity index (χ1) is 8.56. The summed E-state index contributed by atoms with van der Waals surface area (Å²) in [5, 5.41) is 0.665. The summed E-state index contributed by atoms with van der Waals surface area (Å²) in [7, 11) is 0. The van der Waals surface area contributed by atoms with Crippen molar-refractivity contribution in [2.75, 3.05) is 0 Å². The quantitative estimate of drug-likeness (QED) is 0.907. The van der Waals surface area contributed by atoms with E-state index in [9.17, 15) is 0 Å². The Kier molecular flexibility index (Phi) is 4.04. The van der Waals surface area contributed by atoms with Crippen molar-refractivity contribution in [3.63, 3.8) is 0 Å². The summed E-state index contributed by atoms with van der Waals surface area (Å²) in [5.41, 5.74) is 6.92. The highest BCUT2D eigenvalue weighted by Crippen LogP contribution is 2.26. The zero-order valence-corrected chi connectivity index (χ0v) is 11.3. The van der Waals surface area contributed by atoms with Gasteiger partial charge < -0.3 is 10.2 Å². The molecule has 1 aromatic heterocycles. The van der Waals surface area contributed by atoms with E-state index in [1.165, 1.54) is 0 Å². The van der Waals surface area contributed by atoms with Gasteiger partial charge in [-0.25, -0.2) is 4.98 Å². The number of hydrogen-bond acceptors (Lipinski definition) is 3. The highest BCUT2D eigenvalue weighted by atomic mass is 35.5. The first-order valence-corrected chi connectivity index (χ1v) is 6.41. The summed E-state index contributed by atoms with van der Waals surface area (Å²) in [4.78, 5) is 4.25. The fourth-order valence-corrected chi connectivity index (χ4v) is 2.03. The fourth-order valence-electron chi connectivity index (χ4n) is 1.84. The molecule has 4 heteroatoms. The summed E-state index contributed by atoms with van der Waals surface area (Å²) in [6.07, 6.45) is 2.58. The van der Waals surface area contributed by atoms with E-state index in [1.807, 2.05) is 24.3 Å². The minimum atomic E-state index is -0.106. The predicted molar refractivity (Wildman–Crippen MR) is 73.3 cm³/mol. The Morgan fingerprint density at radius 3 is 2.83 bits per heavy atom. The average Bonchev–Trinajstić information content (AvgIpc) is 2.77. The van der Waals surface area contributed by atoms with Gasteiger partial charge in [-0.3, -0.25) is 0 Å². The summed E-state index contributed by atoms with van der Waals surface area (Å²) >= 11 is 5.94. The zero-order chi connectivity index (χ0) is 13.1. The van der Waals surface area contributed by atoms with Gasteiger partial charge in [-0.15, -0.1) is 0 Å². The van der Waals surface area contributed by atoms with E-state index in [2.05, 4.69) is 18.8 Å². The van der Waals surface area contributed by atoms with Gasteiger partial charge in [0.1, 0.15) is 5.76 Å². The molecule has 3 nitrogen and oxygen atoms in total. The second-order valence-corrected chi connectivity index (χ2v) is 5.25. The summed E-state index contributed by atoms with van der Waals surface area (Å²) in [5.74, 6) is 1.81. The van der Waals surface area contributed by atoms with E-state index < -0.39 is 0 Å². The third kappa shape index (κ3) is 3.12. The minimum absolute atomic E-state index is 0.106. The third-order valence-electron chi connectivity index (χ3n) is 2.69. The lowest BCUT2D eigenvalue weighted by atomic mass is 10.0. The van der Waals surface area contributed by atoms with Crippen LogP contribution in [0.5, 0.6) is 0 Å². The van der Waals surface area contributed by atoms with Crippen LogP contribution < -0.4 is 5.73 Å². The second-order valence-electron chi connectivity index (χ2n) is 4.81. The van der Waals surface area contributed by atoms with Gasteiger partial charge in [0, 0.05) is 10.6 Å². The van der Waals surface area contributed by atoms with Gasteiger partial charge in [0.25, 0.3) is 0 Å². The molecular formula is C14H17ClN2O. The van der Waals surface area contributed by atoms with Gasteiger partial charge in [-0.1, -0.05) is 31.5 Å². The van der Waals surface area contributed by atoms with Crippen molar-refractivity contribution in [1.29, 1.82) is 0 Å². The first kappa shape index (κ1) is 13.1. The Bertz CT molecular complexity index is 522. The summed E-state index contributed by atoms with van der Waals surface area (Å²) in [6.45, 7) is 4.27. The van der Waals surface area contributed by atoms with Gasteiger partial charge in [0.05, 0.1) is 12.2 Å². The number of benzene rings is 1. The lowest BCUT2D eigenvalue weighted by Gasteiger charge is -2.10. The van der Waals surface area contributed by atoms with E-state index >= 15 is 0 Å². The number of nitrogens with two attached hydrogens (primary N) is 1. The highest BCUT2D eigenvalue weighted by molar-refractivity contribution is 6.30. The van der Waals surface area contributed by atoms with Gasteiger partial charge in [-0.05, 0) is 30.5 Å². The Labute approximate surface area is 112 Å². The highest BCUT2D eigenvalue weighted by Gasteiger charge is 2.14. The van der Waals surface area contributed by atoms with E-state index in [-0.39, 0.29) is 6.04 Å². The number of nitrogens with zero attached hydrogens (tertiary/aromatic N) is 1. The van der Waals surface area contributed by atoms with Crippen LogP contribution in [0.3, 0.4) is 0 Å². The predicted octanol–water partition coefficient (Wildman–Crippen LogP) is 4.04. The van der Waals surface area contributed by atoms with E-state index in [0.29, 0.717) is 16.8 Å². The van der Waals surface area contributed by atoms with Crippen molar-refractivity contribution in [1.82, 2.24) is 4.98 Å². The van der Waals surface area contributed by atoms with Crippen LogP contribution >= 0.6 is 11.6 Å². The van der Waals surface area contributed by atoms with Crippen LogP contribution in [0.2, 0.25) is 5.02 Å². The molecule has 18 heavy (non-hydrogen) atoms. The van der Waals surface area contributed by atoms with Crippen molar-refractivity contribution in [3.8, 4) is 11.5 Å². The molecule has 1 unspecified atom stereocenters. The first-order valence-electron chi connectivity index (χ1n) is 6.03. The van der Waals surface area contributed by atoms with Crippen LogP contribution in [-0.4, -0.2) is 4.98 Å². The summed E-state index contributed by atoms with van der Waals surface area (Å²) < 4.78 is 5.69. The molecule has 0 amide bonds. The van der Waals surface area contributed by atoms with Crippen molar-refractivity contribution in [2.45, 2.75) is 26.3 Å². The molecule has 2 aromatic rings. The molecular weight excluding hydrogens is 248 g/mol. The maximum absolute atomic E-state index is 6.06. The number of oxazole rings is 1. The average molecular weight is 265 g/mol. The monoisotopic (exact) mass is 264 g/mol. The molecule has 0 saturated heterocycles. The van der Waals surface area contributed by atoms with Gasteiger partial charge in [0.2, 0.25) is 5.89 Å².